The van der Waals surface area contributed by atoms with Gasteiger partial charge in [-0.3, -0.25) is 14.5 Å². The van der Waals surface area contributed by atoms with Crippen LogP contribution in [0.25, 0.3) is 5.69 Å². The highest BCUT2D eigenvalue weighted by molar-refractivity contribution is 6.30. The van der Waals surface area contributed by atoms with E-state index in [1.165, 1.54) is 5.56 Å². The SMILES string of the molecule is CN1Cc2cc(Cl)ccc2-n2c(nnc2C2CCC(c3cc(Cl)ccn3)CC2)C1. The van der Waals surface area contributed by atoms with E-state index in [1.54, 1.807) is 6.20 Å². The first-order chi connectivity index (χ1) is 14.1. The van der Waals surface area contributed by atoms with Gasteiger partial charge in [0.2, 0.25) is 0 Å². The molecular weight excluding hydrogens is 405 g/mol. The first-order valence-electron chi connectivity index (χ1n) is 10.1. The van der Waals surface area contributed by atoms with Crippen LogP contribution in [0.1, 0.15) is 60.4 Å². The third kappa shape index (κ3) is 3.67. The minimum atomic E-state index is 0.401. The van der Waals surface area contributed by atoms with Gasteiger partial charge in [-0.2, -0.15) is 0 Å². The Labute approximate surface area is 180 Å². The van der Waals surface area contributed by atoms with Crippen molar-refractivity contribution in [2.24, 2.45) is 0 Å². The zero-order valence-corrected chi connectivity index (χ0v) is 17.9. The number of hydrogen-bond donors (Lipinski definition) is 0. The van der Waals surface area contributed by atoms with Gasteiger partial charge in [0.15, 0.2) is 5.82 Å². The molecule has 150 valence electrons. The summed E-state index contributed by atoms with van der Waals surface area (Å²) in [5, 5.41) is 10.7. The summed E-state index contributed by atoms with van der Waals surface area (Å²) in [6.45, 7) is 1.63. The lowest BCUT2D eigenvalue weighted by atomic mass is 9.80. The van der Waals surface area contributed by atoms with E-state index in [0.29, 0.717) is 11.8 Å². The van der Waals surface area contributed by atoms with E-state index in [-0.39, 0.29) is 0 Å². The van der Waals surface area contributed by atoms with Crippen LogP contribution < -0.4 is 0 Å². The summed E-state index contributed by atoms with van der Waals surface area (Å²) >= 11 is 12.4. The fourth-order valence-electron chi connectivity index (χ4n) is 4.74. The first kappa shape index (κ1) is 19.0. The summed E-state index contributed by atoms with van der Waals surface area (Å²) in [6, 6.07) is 9.97. The molecule has 0 radical (unpaired) electrons. The second kappa shape index (κ2) is 7.71. The average molecular weight is 428 g/mol. The van der Waals surface area contributed by atoms with Crippen LogP contribution in [0.5, 0.6) is 0 Å². The van der Waals surface area contributed by atoms with Crippen molar-refractivity contribution in [2.45, 2.75) is 50.6 Å². The van der Waals surface area contributed by atoms with E-state index < -0.39 is 0 Å². The molecule has 7 heteroatoms. The van der Waals surface area contributed by atoms with Gasteiger partial charge in [0.05, 0.1) is 12.2 Å². The summed E-state index contributed by atoms with van der Waals surface area (Å²) < 4.78 is 2.28. The first-order valence-corrected chi connectivity index (χ1v) is 10.9. The maximum Gasteiger partial charge on any atom is 0.151 e. The molecular formula is C22H23Cl2N5. The summed E-state index contributed by atoms with van der Waals surface area (Å²) in [5.41, 5.74) is 3.49. The number of pyridine rings is 1. The standard InChI is InChI=1S/C22H23Cl2N5/c1-28-12-16-10-17(23)6-7-20(16)29-21(13-28)26-27-22(29)15-4-2-14(3-5-15)19-11-18(24)8-9-25-19/h6-11,14-15H,2-5,12-13H2,1H3. The molecule has 5 nitrogen and oxygen atoms in total. The molecule has 0 saturated heterocycles. The molecule has 1 aromatic carbocycles. The monoisotopic (exact) mass is 427 g/mol. The quantitative estimate of drug-likeness (QED) is 0.552. The van der Waals surface area contributed by atoms with Crippen LogP contribution in [0.4, 0.5) is 0 Å². The Morgan fingerprint density at radius 3 is 2.45 bits per heavy atom. The van der Waals surface area contributed by atoms with Crippen molar-refractivity contribution in [1.29, 1.82) is 0 Å². The predicted molar refractivity (Wildman–Crippen MR) is 115 cm³/mol. The molecule has 1 saturated carbocycles. The summed E-state index contributed by atoms with van der Waals surface area (Å²) in [5.74, 6) is 2.95. The maximum absolute atomic E-state index is 6.28. The third-order valence-electron chi connectivity index (χ3n) is 6.14. The van der Waals surface area contributed by atoms with Crippen LogP contribution in [0, 0.1) is 0 Å². The summed E-state index contributed by atoms with van der Waals surface area (Å²) in [6.07, 6.45) is 6.15. The number of fused-ring (bicyclic) bond motifs is 3. The fourth-order valence-corrected chi connectivity index (χ4v) is 5.10. The van der Waals surface area contributed by atoms with Crippen molar-refractivity contribution in [3.8, 4) is 5.69 Å². The highest BCUT2D eigenvalue weighted by Gasteiger charge is 2.30. The summed E-state index contributed by atoms with van der Waals surface area (Å²) in [7, 11) is 2.11. The molecule has 1 aliphatic heterocycles. The maximum atomic E-state index is 6.28. The molecule has 3 aromatic rings. The lowest BCUT2D eigenvalue weighted by Gasteiger charge is -2.28. The van der Waals surface area contributed by atoms with E-state index in [2.05, 4.69) is 43.8 Å². The number of hydrogen-bond acceptors (Lipinski definition) is 4. The second-order valence-electron chi connectivity index (χ2n) is 8.20. The zero-order chi connectivity index (χ0) is 20.0. The van der Waals surface area contributed by atoms with Gasteiger partial charge in [0.1, 0.15) is 5.82 Å². The molecule has 0 spiro atoms. The van der Waals surface area contributed by atoms with Crippen LogP contribution in [-0.4, -0.2) is 31.7 Å². The van der Waals surface area contributed by atoms with E-state index in [9.17, 15) is 0 Å². The van der Waals surface area contributed by atoms with Crippen molar-refractivity contribution < 1.29 is 0 Å². The lowest BCUT2D eigenvalue weighted by Crippen LogP contribution is -2.17. The smallest absolute Gasteiger partial charge is 0.151 e. The van der Waals surface area contributed by atoms with Crippen molar-refractivity contribution >= 4 is 23.2 Å². The summed E-state index contributed by atoms with van der Waals surface area (Å²) in [4.78, 5) is 6.80. The molecule has 2 aromatic heterocycles. The normalized spacial score (nSPS) is 22.0. The van der Waals surface area contributed by atoms with Gasteiger partial charge in [-0.05, 0) is 68.6 Å². The predicted octanol–water partition coefficient (Wildman–Crippen LogP) is 5.36. The second-order valence-corrected chi connectivity index (χ2v) is 9.08. The lowest BCUT2D eigenvalue weighted by molar-refractivity contribution is 0.315. The Morgan fingerprint density at radius 2 is 1.66 bits per heavy atom. The van der Waals surface area contributed by atoms with Crippen LogP contribution in [0.15, 0.2) is 36.5 Å². The highest BCUT2D eigenvalue weighted by Crippen LogP contribution is 2.41. The highest BCUT2D eigenvalue weighted by atomic mass is 35.5. The van der Waals surface area contributed by atoms with Gasteiger partial charge in [-0.25, -0.2) is 0 Å². The van der Waals surface area contributed by atoms with Crippen molar-refractivity contribution in [3.63, 3.8) is 0 Å². The number of aromatic nitrogens is 4. The Kier molecular flexibility index (Phi) is 5.06. The number of rotatable bonds is 2. The van der Waals surface area contributed by atoms with Gasteiger partial charge in [0.25, 0.3) is 0 Å². The molecule has 0 amide bonds. The number of benzene rings is 1. The van der Waals surface area contributed by atoms with E-state index in [4.69, 9.17) is 23.2 Å². The van der Waals surface area contributed by atoms with Gasteiger partial charge < -0.3 is 0 Å². The zero-order valence-electron chi connectivity index (χ0n) is 16.4. The third-order valence-corrected chi connectivity index (χ3v) is 6.61. The van der Waals surface area contributed by atoms with Gasteiger partial charge in [0, 0.05) is 40.3 Å². The van der Waals surface area contributed by atoms with Crippen LogP contribution >= 0.6 is 23.2 Å². The Hall–Kier alpha value is -1.95. The van der Waals surface area contributed by atoms with Crippen LogP contribution in [0.3, 0.4) is 0 Å². The van der Waals surface area contributed by atoms with E-state index in [0.717, 1.165) is 71.8 Å². The molecule has 2 aliphatic rings. The van der Waals surface area contributed by atoms with Gasteiger partial charge >= 0.3 is 0 Å². The molecule has 5 rings (SSSR count). The van der Waals surface area contributed by atoms with Crippen molar-refractivity contribution in [3.05, 3.63) is 69.5 Å². The Balaban J connectivity index is 1.44. The van der Waals surface area contributed by atoms with Crippen LogP contribution in [-0.2, 0) is 13.1 Å². The molecule has 0 atom stereocenters. The average Bonchev–Trinajstić information content (AvgIpc) is 3.05. The molecule has 0 bridgehead atoms. The van der Waals surface area contributed by atoms with Crippen molar-refractivity contribution in [2.75, 3.05) is 7.05 Å². The molecule has 3 heterocycles. The minimum Gasteiger partial charge on any atom is -0.295 e. The van der Waals surface area contributed by atoms with E-state index in [1.807, 2.05) is 18.2 Å². The number of nitrogens with zero attached hydrogens (tertiary/aromatic N) is 5. The fraction of sp³-hybridized carbons (Fsp3) is 0.409. The Bertz CT molecular complexity index is 1040. The van der Waals surface area contributed by atoms with Crippen molar-refractivity contribution in [1.82, 2.24) is 24.6 Å². The number of halogens is 2. The molecule has 1 fully saturated rings. The van der Waals surface area contributed by atoms with Crippen LogP contribution in [0.2, 0.25) is 10.0 Å². The molecule has 0 N–H and O–H groups in total. The topological polar surface area (TPSA) is 46.8 Å². The minimum absolute atomic E-state index is 0.401. The largest absolute Gasteiger partial charge is 0.295 e. The molecule has 29 heavy (non-hydrogen) atoms. The van der Waals surface area contributed by atoms with E-state index >= 15 is 0 Å². The Morgan fingerprint density at radius 1 is 0.897 bits per heavy atom. The molecule has 0 unspecified atom stereocenters. The van der Waals surface area contributed by atoms with Gasteiger partial charge in [-0.1, -0.05) is 23.2 Å². The van der Waals surface area contributed by atoms with Gasteiger partial charge in [-0.15, -0.1) is 10.2 Å². The molecule has 1 aliphatic carbocycles.